The topological polar surface area (TPSA) is 59.3 Å². The van der Waals surface area contributed by atoms with E-state index in [1.807, 2.05) is 31.3 Å². The van der Waals surface area contributed by atoms with Crippen LogP contribution in [0.15, 0.2) is 29.1 Å². The van der Waals surface area contributed by atoms with E-state index >= 15 is 0 Å². The highest BCUT2D eigenvalue weighted by atomic mass is 16.2. The fourth-order valence-electron chi connectivity index (χ4n) is 2.18. The third kappa shape index (κ3) is 2.60. The van der Waals surface area contributed by atoms with E-state index in [1.54, 1.807) is 23.6 Å². The molecule has 0 atom stereocenters. The highest BCUT2D eigenvalue weighted by Crippen LogP contribution is 2.11. The van der Waals surface area contributed by atoms with Crippen LogP contribution >= 0.6 is 0 Å². The number of carbonyl (C=O) groups excluding carboxylic acids is 1. The Morgan fingerprint density at radius 3 is 2.60 bits per heavy atom. The van der Waals surface area contributed by atoms with Crippen LogP contribution in [0.2, 0.25) is 0 Å². The molecule has 20 heavy (non-hydrogen) atoms. The zero-order valence-corrected chi connectivity index (χ0v) is 12.1. The number of likely N-dealkylation sites (N-methyl/N-ethyl adjacent to an activating group) is 2. The van der Waals surface area contributed by atoms with Gasteiger partial charge in [-0.25, -0.2) is 4.79 Å². The highest BCUT2D eigenvalue weighted by Gasteiger charge is 2.15. The Labute approximate surface area is 117 Å². The van der Waals surface area contributed by atoms with Crippen LogP contribution in [-0.2, 0) is 18.4 Å². The lowest BCUT2D eigenvalue weighted by molar-refractivity contribution is -0.130. The zero-order chi connectivity index (χ0) is 14.7. The summed E-state index contributed by atoms with van der Waals surface area (Å²) in [7, 11) is 5.31. The summed E-state index contributed by atoms with van der Waals surface area (Å²) in [6, 6.07) is 7.49. The molecule has 0 aliphatic heterocycles. The van der Waals surface area contributed by atoms with Crippen molar-refractivity contribution in [3.8, 4) is 0 Å². The summed E-state index contributed by atoms with van der Waals surface area (Å²) in [4.78, 5) is 26.0. The van der Waals surface area contributed by atoms with E-state index in [1.165, 1.54) is 4.57 Å². The molecule has 108 valence electrons. The Morgan fingerprint density at radius 2 is 1.95 bits per heavy atom. The molecule has 1 aromatic heterocycles. The minimum absolute atomic E-state index is 0.0698. The number of carbonyl (C=O) groups is 1. The average Bonchev–Trinajstić information content (AvgIpc) is 2.70. The number of imidazole rings is 1. The van der Waals surface area contributed by atoms with E-state index in [-0.39, 0.29) is 18.1 Å². The Kier molecular flexibility index (Phi) is 4.24. The van der Waals surface area contributed by atoms with Crippen LogP contribution in [-0.4, -0.2) is 47.1 Å². The van der Waals surface area contributed by atoms with Crippen molar-refractivity contribution in [2.75, 3.05) is 27.2 Å². The van der Waals surface area contributed by atoms with Gasteiger partial charge in [0.2, 0.25) is 5.91 Å². The Morgan fingerprint density at radius 1 is 1.30 bits per heavy atom. The zero-order valence-electron chi connectivity index (χ0n) is 12.1. The van der Waals surface area contributed by atoms with Gasteiger partial charge in [-0.3, -0.25) is 13.9 Å². The SMILES string of the molecule is CNCCN(C)C(=O)Cn1c(=O)n(C)c2ccccc21. The van der Waals surface area contributed by atoms with Gasteiger partial charge in [-0.1, -0.05) is 12.1 Å². The largest absolute Gasteiger partial charge is 0.343 e. The lowest BCUT2D eigenvalue weighted by Gasteiger charge is -2.17. The van der Waals surface area contributed by atoms with Crippen molar-refractivity contribution in [1.82, 2.24) is 19.4 Å². The molecule has 6 nitrogen and oxygen atoms in total. The molecular formula is C14H20N4O2. The molecule has 0 aliphatic rings. The summed E-state index contributed by atoms with van der Waals surface area (Å²) in [5.74, 6) is -0.0706. The van der Waals surface area contributed by atoms with Gasteiger partial charge in [0.1, 0.15) is 6.54 Å². The molecule has 2 aromatic rings. The maximum absolute atomic E-state index is 12.2. The summed E-state index contributed by atoms with van der Waals surface area (Å²) < 4.78 is 3.09. The third-order valence-electron chi connectivity index (χ3n) is 3.47. The number of para-hydroxylation sites is 2. The second kappa shape index (κ2) is 5.92. The first-order valence-corrected chi connectivity index (χ1v) is 6.59. The van der Waals surface area contributed by atoms with Crippen molar-refractivity contribution in [2.24, 2.45) is 7.05 Å². The number of aryl methyl sites for hydroxylation is 1. The number of fused-ring (bicyclic) bond motifs is 1. The van der Waals surface area contributed by atoms with Gasteiger partial charge in [-0.15, -0.1) is 0 Å². The minimum Gasteiger partial charge on any atom is -0.343 e. The number of hydrogen-bond donors (Lipinski definition) is 1. The molecule has 0 saturated carbocycles. The molecule has 0 saturated heterocycles. The molecule has 0 unspecified atom stereocenters. The van der Waals surface area contributed by atoms with Crippen LogP contribution < -0.4 is 11.0 Å². The first-order valence-electron chi connectivity index (χ1n) is 6.59. The van der Waals surface area contributed by atoms with Crippen LogP contribution in [0.4, 0.5) is 0 Å². The number of nitrogens with zero attached hydrogens (tertiary/aromatic N) is 3. The van der Waals surface area contributed by atoms with Crippen LogP contribution in [0.5, 0.6) is 0 Å². The first-order chi connectivity index (χ1) is 9.56. The smallest absolute Gasteiger partial charge is 0.329 e. The first kappa shape index (κ1) is 14.3. The predicted molar refractivity (Wildman–Crippen MR) is 78.7 cm³/mol. The number of hydrogen-bond acceptors (Lipinski definition) is 3. The van der Waals surface area contributed by atoms with Gasteiger partial charge in [0.25, 0.3) is 0 Å². The number of nitrogens with one attached hydrogen (secondary N) is 1. The van der Waals surface area contributed by atoms with Crippen molar-refractivity contribution >= 4 is 16.9 Å². The molecule has 1 amide bonds. The van der Waals surface area contributed by atoms with Crippen LogP contribution in [0, 0.1) is 0 Å². The van der Waals surface area contributed by atoms with Crippen LogP contribution in [0.1, 0.15) is 0 Å². The second-order valence-electron chi connectivity index (χ2n) is 4.84. The third-order valence-corrected chi connectivity index (χ3v) is 3.47. The maximum atomic E-state index is 12.2. The Bertz CT molecular complexity index is 671. The molecule has 0 spiro atoms. The molecule has 0 radical (unpaired) electrons. The molecule has 1 heterocycles. The van der Waals surface area contributed by atoms with E-state index < -0.39 is 0 Å². The molecule has 0 aliphatic carbocycles. The molecular weight excluding hydrogens is 256 g/mol. The summed E-state index contributed by atoms with van der Waals surface area (Å²) >= 11 is 0. The van der Waals surface area contributed by atoms with Gasteiger partial charge < -0.3 is 10.2 Å². The normalized spacial score (nSPS) is 10.9. The summed E-state index contributed by atoms with van der Waals surface area (Å²) in [6.45, 7) is 1.42. The van der Waals surface area contributed by atoms with Crippen molar-refractivity contribution in [3.05, 3.63) is 34.7 Å². The van der Waals surface area contributed by atoms with Crippen molar-refractivity contribution in [1.29, 1.82) is 0 Å². The summed E-state index contributed by atoms with van der Waals surface area (Å²) in [6.07, 6.45) is 0. The van der Waals surface area contributed by atoms with Gasteiger partial charge in [-0.2, -0.15) is 0 Å². The summed E-state index contributed by atoms with van der Waals surface area (Å²) in [5, 5.41) is 3.00. The van der Waals surface area contributed by atoms with Crippen molar-refractivity contribution < 1.29 is 4.79 Å². The van der Waals surface area contributed by atoms with Gasteiger partial charge >= 0.3 is 5.69 Å². The number of aromatic nitrogens is 2. The quantitative estimate of drug-likeness (QED) is 0.837. The fraction of sp³-hybridized carbons (Fsp3) is 0.429. The van der Waals surface area contributed by atoms with E-state index in [0.717, 1.165) is 17.6 Å². The van der Waals surface area contributed by atoms with Crippen LogP contribution in [0.3, 0.4) is 0 Å². The molecule has 2 rings (SSSR count). The maximum Gasteiger partial charge on any atom is 0.329 e. The lowest BCUT2D eigenvalue weighted by atomic mass is 10.3. The van der Waals surface area contributed by atoms with Crippen molar-refractivity contribution in [2.45, 2.75) is 6.54 Å². The molecule has 0 bridgehead atoms. The van der Waals surface area contributed by atoms with E-state index in [9.17, 15) is 9.59 Å². The van der Waals surface area contributed by atoms with E-state index in [4.69, 9.17) is 0 Å². The molecule has 1 aromatic carbocycles. The molecule has 0 fully saturated rings. The van der Waals surface area contributed by atoms with E-state index in [0.29, 0.717) is 6.54 Å². The van der Waals surface area contributed by atoms with Gasteiger partial charge in [0.15, 0.2) is 0 Å². The van der Waals surface area contributed by atoms with Crippen LogP contribution in [0.25, 0.3) is 11.0 Å². The van der Waals surface area contributed by atoms with Gasteiger partial charge in [0.05, 0.1) is 11.0 Å². The summed E-state index contributed by atoms with van der Waals surface area (Å²) in [5.41, 5.74) is 1.46. The minimum atomic E-state index is -0.165. The Hall–Kier alpha value is -2.08. The standard InChI is InChI=1S/C14H20N4O2/c1-15-8-9-16(2)13(19)10-18-12-7-5-4-6-11(12)17(3)14(18)20/h4-7,15H,8-10H2,1-3H3. The number of amides is 1. The molecule has 1 N–H and O–H groups in total. The fourth-order valence-corrected chi connectivity index (χ4v) is 2.18. The molecule has 6 heteroatoms. The highest BCUT2D eigenvalue weighted by molar-refractivity contribution is 5.80. The predicted octanol–water partition coefficient (Wildman–Crippen LogP) is 0.0178. The number of benzene rings is 1. The lowest BCUT2D eigenvalue weighted by Crippen LogP contribution is -2.37. The second-order valence-corrected chi connectivity index (χ2v) is 4.84. The van der Waals surface area contributed by atoms with Crippen molar-refractivity contribution in [3.63, 3.8) is 0 Å². The monoisotopic (exact) mass is 276 g/mol. The number of rotatable bonds is 5. The van der Waals surface area contributed by atoms with E-state index in [2.05, 4.69) is 5.32 Å². The van der Waals surface area contributed by atoms with Gasteiger partial charge in [-0.05, 0) is 19.2 Å². The average molecular weight is 276 g/mol. The van der Waals surface area contributed by atoms with Gasteiger partial charge in [0, 0.05) is 27.2 Å². The Balaban J connectivity index is 2.28.